The lowest BCUT2D eigenvalue weighted by atomic mass is 9.72. The van der Waals surface area contributed by atoms with Crippen LogP contribution in [0, 0.1) is 5.41 Å². The average Bonchev–Trinajstić information content (AvgIpc) is 2.76. The standard InChI is InChI=1S/C16H17NO/c1-16(2)8-7-11(18)9-14(16)13-10-17-15-6-4-3-5-12(13)15/h3-6,9-10,17H,7-8H2,1-2H3. The van der Waals surface area contributed by atoms with Gasteiger partial charge in [-0.05, 0) is 29.6 Å². The van der Waals surface area contributed by atoms with Crippen LogP contribution in [-0.4, -0.2) is 10.8 Å². The number of carbonyl (C=O) groups is 1. The highest BCUT2D eigenvalue weighted by Gasteiger charge is 2.30. The molecule has 1 aliphatic rings. The second-order valence-electron chi connectivity index (χ2n) is 5.66. The van der Waals surface area contributed by atoms with Crippen LogP contribution >= 0.6 is 0 Å². The molecule has 92 valence electrons. The summed E-state index contributed by atoms with van der Waals surface area (Å²) < 4.78 is 0. The van der Waals surface area contributed by atoms with Crippen molar-refractivity contribution in [3.8, 4) is 0 Å². The number of aromatic amines is 1. The lowest BCUT2D eigenvalue weighted by Gasteiger charge is -2.31. The smallest absolute Gasteiger partial charge is 0.156 e. The van der Waals surface area contributed by atoms with Crippen LogP contribution in [0.15, 0.2) is 36.5 Å². The van der Waals surface area contributed by atoms with E-state index in [1.165, 1.54) is 10.9 Å². The van der Waals surface area contributed by atoms with Crippen LogP contribution in [0.4, 0.5) is 0 Å². The van der Waals surface area contributed by atoms with Crippen molar-refractivity contribution in [3.63, 3.8) is 0 Å². The Kier molecular flexibility index (Phi) is 2.40. The summed E-state index contributed by atoms with van der Waals surface area (Å²) in [5.74, 6) is 0.245. The van der Waals surface area contributed by atoms with Crippen LogP contribution in [0.25, 0.3) is 16.5 Å². The molecule has 2 aromatic rings. The average molecular weight is 239 g/mol. The van der Waals surface area contributed by atoms with Crippen molar-refractivity contribution in [1.29, 1.82) is 0 Å². The zero-order valence-corrected chi connectivity index (χ0v) is 10.8. The third-order valence-electron chi connectivity index (χ3n) is 3.91. The van der Waals surface area contributed by atoms with Gasteiger partial charge >= 0.3 is 0 Å². The fourth-order valence-electron chi connectivity index (χ4n) is 2.74. The number of hydrogen-bond acceptors (Lipinski definition) is 1. The fourth-order valence-corrected chi connectivity index (χ4v) is 2.74. The highest BCUT2D eigenvalue weighted by molar-refractivity contribution is 6.03. The molecule has 0 unspecified atom stereocenters. The van der Waals surface area contributed by atoms with Crippen LogP contribution in [0.3, 0.4) is 0 Å². The van der Waals surface area contributed by atoms with Gasteiger partial charge in [-0.25, -0.2) is 0 Å². The van der Waals surface area contributed by atoms with Crippen molar-refractivity contribution in [3.05, 3.63) is 42.1 Å². The number of aromatic nitrogens is 1. The summed E-state index contributed by atoms with van der Waals surface area (Å²) in [5.41, 5.74) is 3.53. The molecule has 1 aromatic carbocycles. The molecule has 1 N–H and O–H groups in total. The molecule has 1 aromatic heterocycles. The van der Waals surface area contributed by atoms with E-state index < -0.39 is 0 Å². The van der Waals surface area contributed by atoms with Gasteiger partial charge in [-0.2, -0.15) is 0 Å². The normalized spacial score (nSPS) is 19.0. The summed E-state index contributed by atoms with van der Waals surface area (Å²) in [4.78, 5) is 15.0. The lowest BCUT2D eigenvalue weighted by Crippen LogP contribution is -2.20. The van der Waals surface area contributed by atoms with Gasteiger partial charge in [0.2, 0.25) is 0 Å². The predicted molar refractivity (Wildman–Crippen MR) is 74.3 cm³/mol. The first-order valence-corrected chi connectivity index (χ1v) is 6.39. The zero-order chi connectivity index (χ0) is 12.8. The number of fused-ring (bicyclic) bond motifs is 1. The van der Waals surface area contributed by atoms with Gasteiger partial charge in [0.25, 0.3) is 0 Å². The molecule has 0 fully saturated rings. The van der Waals surface area contributed by atoms with Crippen molar-refractivity contribution < 1.29 is 4.79 Å². The molecule has 0 saturated heterocycles. The van der Waals surface area contributed by atoms with Crippen molar-refractivity contribution in [1.82, 2.24) is 4.98 Å². The molecule has 1 heterocycles. The monoisotopic (exact) mass is 239 g/mol. The maximum atomic E-state index is 11.7. The number of carbonyl (C=O) groups excluding carboxylic acids is 1. The van der Waals surface area contributed by atoms with Crippen LogP contribution in [0.5, 0.6) is 0 Å². The largest absolute Gasteiger partial charge is 0.361 e. The molecule has 0 radical (unpaired) electrons. The van der Waals surface area contributed by atoms with E-state index in [1.54, 1.807) is 0 Å². The first-order valence-electron chi connectivity index (χ1n) is 6.39. The van der Waals surface area contributed by atoms with Gasteiger partial charge in [0, 0.05) is 29.1 Å². The Labute approximate surface area is 107 Å². The van der Waals surface area contributed by atoms with E-state index in [1.807, 2.05) is 24.4 Å². The summed E-state index contributed by atoms with van der Waals surface area (Å²) in [5, 5.41) is 1.20. The number of allylic oxidation sites excluding steroid dienone is 2. The minimum Gasteiger partial charge on any atom is -0.361 e. The first-order chi connectivity index (χ1) is 8.58. The third-order valence-corrected chi connectivity index (χ3v) is 3.91. The van der Waals surface area contributed by atoms with Crippen molar-refractivity contribution >= 4 is 22.3 Å². The van der Waals surface area contributed by atoms with Gasteiger partial charge in [-0.15, -0.1) is 0 Å². The van der Waals surface area contributed by atoms with Gasteiger partial charge in [0.05, 0.1) is 0 Å². The SMILES string of the molecule is CC1(C)CCC(=O)C=C1c1c[nH]c2ccccc12. The van der Waals surface area contributed by atoms with E-state index in [9.17, 15) is 4.79 Å². The summed E-state index contributed by atoms with van der Waals surface area (Å²) in [7, 11) is 0. The van der Waals surface area contributed by atoms with E-state index in [2.05, 4.69) is 31.0 Å². The third kappa shape index (κ3) is 1.69. The molecule has 2 heteroatoms. The van der Waals surface area contributed by atoms with Crippen molar-refractivity contribution in [2.45, 2.75) is 26.7 Å². The van der Waals surface area contributed by atoms with E-state index >= 15 is 0 Å². The van der Waals surface area contributed by atoms with Crippen LogP contribution < -0.4 is 0 Å². The molecule has 0 aliphatic heterocycles. The Balaban J connectivity index is 2.22. The number of para-hydroxylation sites is 1. The number of nitrogens with one attached hydrogen (secondary N) is 1. The van der Waals surface area contributed by atoms with Gasteiger partial charge in [-0.3, -0.25) is 4.79 Å². The van der Waals surface area contributed by atoms with E-state index in [4.69, 9.17) is 0 Å². The molecule has 18 heavy (non-hydrogen) atoms. The van der Waals surface area contributed by atoms with Crippen LogP contribution in [0.1, 0.15) is 32.3 Å². The number of rotatable bonds is 1. The highest BCUT2D eigenvalue weighted by atomic mass is 16.1. The number of benzene rings is 1. The van der Waals surface area contributed by atoms with Gasteiger partial charge in [-0.1, -0.05) is 32.0 Å². The molecular weight excluding hydrogens is 222 g/mol. The molecule has 2 nitrogen and oxygen atoms in total. The van der Waals surface area contributed by atoms with Crippen LogP contribution in [0.2, 0.25) is 0 Å². The quantitative estimate of drug-likeness (QED) is 0.803. The number of H-pyrrole nitrogens is 1. The minimum atomic E-state index is 0.0683. The molecular formula is C16H17NO. The Bertz CT molecular complexity index is 646. The molecule has 3 rings (SSSR count). The molecule has 0 spiro atoms. The van der Waals surface area contributed by atoms with E-state index in [-0.39, 0.29) is 11.2 Å². The Morgan fingerprint density at radius 2 is 2.00 bits per heavy atom. The number of ketones is 1. The van der Waals surface area contributed by atoms with Gasteiger partial charge in [0.1, 0.15) is 0 Å². The van der Waals surface area contributed by atoms with E-state index in [0.29, 0.717) is 6.42 Å². The van der Waals surface area contributed by atoms with Crippen molar-refractivity contribution in [2.75, 3.05) is 0 Å². The second kappa shape index (κ2) is 3.84. The summed E-state index contributed by atoms with van der Waals surface area (Å²) in [6.07, 6.45) is 5.45. The van der Waals surface area contributed by atoms with Crippen molar-refractivity contribution in [2.24, 2.45) is 5.41 Å². The molecule has 1 aliphatic carbocycles. The Morgan fingerprint density at radius 3 is 2.83 bits per heavy atom. The summed E-state index contributed by atoms with van der Waals surface area (Å²) in [6, 6.07) is 8.24. The topological polar surface area (TPSA) is 32.9 Å². The zero-order valence-electron chi connectivity index (χ0n) is 10.8. The minimum absolute atomic E-state index is 0.0683. The second-order valence-corrected chi connectivity index (χ2v) is 5.66. The van der Waals surface area contributed by atoms with Gasteiger partial charge < -0.3 is 4.98 Å². The fraction of sp³-hybridized carbons (Fsp3) is 0.312. The number of hydrogen-bond donors (Lipinski definition) is 1. The maximum absolute atomic E-state index is 11.7. The van der Waals surface area contributed by atoms with E-state index in [0.717, 1.165) is 17.5 Å². The summed E-state index contributed by atoms with van der Waals surface area (Å²) >= 11 is 0. The molecule has 0 bridgehead atoms. The molecule has 0 atom stereocenters. The summed E-state index contributed by atoms with van der Waals surface area (Å²) in [6.45, 7) is 4.43. The Hall–Kier alpha value is -1.83. The van der Waals surface area contributed by atoms with Crippen LogP contribution in [-0.2, 0) is 4.79 Å². The first kappa shape index (κ1) is 11.3. The highest BCUT2D eigenvalue weighted by Crippen LogP contribution is 2.43. The predicted octanol–water partition coefficient (Wildman–Crippen LogP) is 3.94. The lowest BCUT2D eigenvalue weighted by molar-refractivity contribution is -0.115. The maximum Gasteiger partial charge on any atom is 0.156 e. The Morgan fingerprint density at radius 1 is 1.22 bits per heavy atom. The molecule has 0 amide bonds. The molecule has 0 saturated carbocycles. The van der Waals surface area contributed by atoms with Gasteiger partial charge in [0.15, 0.2) is 5.78 Å².